The van der Waals surface area contributed by atoms with E-state index in [0.717, 1.165) is 5.56 Å². The molecular weight excluding hydrogens is 218 g/mol. The van der Waals surface area contributed by atoms with E-state index in [2.05, 4.69) is 26.5 Å². The van der Waals surface area contributed by atoms with Gasteiger partial charge < -0.3 is 11.5 Å². The third-order valence-corrected chi connectivity index (χ3v) is 2.11. The molecule has 1 aromatic heterocycles. The number of hydrogen-bond donors (Lipinski definition) is 2. The maximum atomic E-state index is 5.75. The second kappa shape index (κ2) is 4.48. The second-order valence-corrected chi connectivity index (χ2v) is 3.29. The Hall–Kier alpha value is -2.63. The number of nitrogens with two attached hydrogens (primary N) is 2. The maximum absolute atomic E-state index is 5.75. The smallest absolute Gasteiger partial charge is 0.199 e. The molecule has 0 radical (unpaired) electrons. The molecule has 17 heavy (non-hydrogen) atoms. The van der Waals surface area contributed by atoms with Gasteiger partial charge in [-0.05, 0) is 28.0 Å². The minimum Gasteiger partial charge on any atom is -0.382 e. The first-order chi connectivity index (χ1) is 8.20. The molecule has 0 saturated heterocycles. The van der Waals surface area contributed by atoms with Crippen molar-refractivity contribution in [1.29, 1.82) is 0 Å². The van der Waals surface area contributed by atoms with Gasteiger partial charge in [-0.3, -0.25) is 0 Å². The largest absolute Gasteiger partial charge is 0.382 e. The number of hydrogen-bond acceptors (Lipinski definition) is 5. The van der Waals surface area contributed by atoms with Crippen LogP contribution in [0, 0.1) is 0 Å². The molecule has 6 nitrogen and oxygen atoms in total. The van der Waals surface area contributed by atoms with Crippen LogP contribution < -0.4 is 11.5 Å². The topological polar surface area (TPSA) is 103 Å². The monoisotopic (exact) mass is 229 g/mol. The number of nitrogen functional groups attached to an aromatic ring is 1. The molecule has 86 valence electrons. The summed E-state index contributed by atoms with van der Waals surface area (Å²) in [6.07, 6.45) is 1.72. The van der Waals surface area contributed by atoms with Gasteiger partial charge in [-0.2, -0.15) is 0 Å². The Morgan fingerprint density at radius 3 is 2.88 bits per heavy atom. The van der Waals surface area contributed by atoms with E-state index in [4.69, 9.17) is 11.5 Å². The Morgan fingerprint density at radius 2 is 2.24 bits per heavy atom. The van der Waals surface area contributed by atoms with Crippen LogP contribution in [0.5, 0.6) is 0 Å². The van der Waals surface area contributed by atoms with E-state index in [9.17, 15) is 0 Å². The third kappa shape index (κ3) is 2.31. The Morgan fingerprint density at radius 1 is 1.41 bits per heavy atom. The number of rotatable bonds is 3. The van der Waals surface area contributed by atoms with Gasteiger partial charge in [0, 0.05) is 0 Å². The molecule has 0 atom stereocenters. The Bertz CT molecular complexity index is 573. The summed E-state index contributed by atoms with van der Waals surface area (Å²) in [5.41, 5.74) is 13.1. The van der Waals surface area contributed by atoms with Crippen molar-refractivity contribution in [2.24, 2.45) is 10.7 Å². The summed E-state index contributed by atoms with van der Waals surface area (Å²) in [7, 11) is 0. The van der Waals surface area contributed by atoms with Gasteiger partial charge in [-0.1, -0.05) is 24.8 Å². The highest BCUT2D eigenvalue weighted by Gasteiger charge is 2.10. The first-order valence-corrected chi connectivity index (χ1v) is 4.86. The molecule has 0 aliphatic heterocycles. The number of aliphatic imine (C=N–C) groups is 1. The lowest BCUT2D eigenvalue weighted by Gasteiger charge is -1.98. The lowest BCUT2D eigenvalue weighted by molar-refractivity contribution is 0.308. The zero-order chi connectivity index (χ0) is 12.3. The van der Waals surface area contributed by atoms with Gasteiger partial charge in [-0.15, -0.1) is 0 Å². The average molecular weight is 229 g/mol. The standard InChI is InChI=1S/C11H11N5O/c1-2-7-4-3-5-8(6-7)14-10(12)9-11(13)16-17-15-9/h2-6H,1H2,(H2,12,14)(H2,13,16). The highest BCUT2D eigenvalue weighted by molar-refractivity contribution is 6.00. The lowest BCUT2D eigenvalue weighted by atomic mass is 10.2. The van der Waals surface area contributed by atoms with Gasteiger partial charge in [0.25, 0.3) is 0 Å². The fourth-order valence-corrected chi connectivity index (χ4v) is 1.29. The molecule has 1 heterocycles. The van der Waals surface area contributed by atoms with Crippen LogP contribution in [0.4, 0.5) is 11.5 Å². The molecule has 0 aliphatic rings. The summed E-state index contributed by atoms with van der Waals surface area (Å²) in [4.78, 5) is 4.18. The summed E-state index contributed by atoms with van der Waals surface area (Å²) in [6.45, 7) is 3.68. The minimum atomic E-state index is 0.117. The molecule has 2 aromatic rings. The van der Waals surface area contributed by atoms with Gasteiger partial charge in [0.1, 0.15) is 0 Å². The predicted octanol–water partition coefficient (Wildman–Crippen LogP) is 1.33. The Labute approximate surface area is 97.6 Å². The van der Waals surface area contributed by atoms with E-state index in [0.29, 0.717) is 5.69 Å². The van der Waals surface area contributed by atoms with Gasteiger partial charge >= 0.3 is 0 Å². The zero-order valence-electron chi connectivity index (χ0n) is 9.00. The van der Waals surface area contributed by atoms with E-state index in [1.807, 2.05) is 24.3 Å². The molecule has 0 saturated carbocycles. The summed E-state index contributed by atoms with van der Waals surface area (Å²) in [5.74, 6) is 0.274. The van der Waals surface area contributed by atoms with E-state index in [1.165, 1.54) is 0 Å². The Balaban J connectivity index is 2.35. The van der Waals surface area contributed by atoms with Crippen LogP contribution in [-0.4, -0.2) is 16.1 Å². The van der Waals surface area contributed by atoms with Crippen LogP contribution in [0.3, 0.4) is 0 Å². The summed E-state index contributed by atoms with van der Waals surface area (Å²) in [5, 5.41) is 7.00. The van der Waals surface area contributed by atoms with E-state index in [-0.39, 0.29) is 17.3 Å². The summed E-state index contributed by atoms with van der Waals surface area (Å²) < 4.78 is 4.45. The molecule has 4 N–H and O–H groups in total. The van der Waals surface area contributed by atoms with Gasteiger partial charge in [0.05, 0.1) is 5.69 Å². The van der Waals surface area contributed by atoms with Crippen molar-refractivity contribution in [3.63, 3.8) is 0 Å². The van der Waals surface area contributed by atoms with Crippen molar-refractivity contribution >= 4 is 23.4 Å². The molecule has 0 bridgehead atoms. The first kappa shape index (κ1) is 10.9. The van der Waals surface area contributed by atoms with E-state index in [1.54, 1.807) is 6.08 Å². The SMILES string of the molecule is C=Cc1cccc(N=C(N)c2nonc2N)c1. The molecule has 0 fully saturated rings. The van der Waals surface area contributed by atoms with Crippen molar-refractivity contribution in [3.8, 4) is 0 Å². The van der Waals surface area contributed by atoms with Crippen LogP contribution in [-0.2, 0) is 0 Å². The van der Waals surface area contributed by atoms with Gasteiger partial charge in [0.15, 0.2) is 17.3 Å². The highest BCUT2D eigenvalue weighted by atomic mass is 16.6. The average Bonchev–Trinajstić information content (AvgIpc) is 2.76. The number of anilines is 1. The first-order valence-electron chi connectivity index (χ1n) is 4.86. The van der Waals surface area contributed by atoms with Crippen molar-refractivity contribution < 1.29 is 4.63 Å². The zero-order valence-corrected chi connectivity index (χ0v) is 9.00. The number of aromatic nitrogens is 2. The van der Waals surface area contributed by atoms with Gasteiger partial charge in [0.2, 0.25) is 0 Å². The van der Waals surface area contributed by atoms with Crippen LogP contribution in [0.15, 0.2) is 40.5 Å². The number of nitrogens with zero attached hydrogens (tertiary/aromatic N) is 3. The lowest BCUT2D eigenvalue weighted by Crippen LogP contribution is -2.15. The quantitative estimate of drug-likeness (QED) is 0.610. The number of amidine groups is 1. The van der Waals surface area contributed by atoms with Crippen LogP contribution in [0.1, 0.15) is 11.3 Å². The molecular formula is C11H11N5O. The molecule has 6 heteroatoms. The molecule has 2 rings (SSSR count). The van der Waals surface area contributed by atoms with Crippen LogP contribution in [0.2, 0.25) is 0 Å². The highest BCUT2D eigenvalue weighted by Crippen LogP contribution is 2.16. The van der Waals surface area contributed by atoms with Crippen molar-refractivity contribution in [2.75, 3.05) is 5.73 Å². The molecule has 0 unspecified atom stereocenters. The van der Waals surface area contributed by atoms with Crippen LogP contribution >= 0.6 is 0 Å². The Kier molecular flexibility index (Phi) is 2.87. The van der Waals surface area contributed by atoms with Crippen LogP contribution in [0.25, 0.3) is 6.08 Å². The molecule has 0 amide bonds. The second-order valence-electron chi connectivity index (χ2n) is 3.29. The number of benzene rings is 1. The summed E-state index contributed by atoms with van der Waals surface area (Å²) >= 11 is 0. The fraction of sp³-hybridized carbons (Fsp3) is 0. The van der Waals surface area contributed by atoms with E-state index >= 15 is 0 Å². The van der Waals surface area contributed by atoms with Gasteiger partial charge in [-0.25, -0.2) is 9.62 Å². The van der Waals surface area contributed by atoms with E-state index < -0.39 is 0 Å². The normalized spacial score (nSPS) is 11.4. The fourth-order valence-electron chi connectivity index (χ4n) is 1.29. The maximum Gasteiger partial charge on any atom is 0.199 e. The van der Waals surface area contributed by atoms with Crippen molar-refractivity contribution in [2.45, 2.75) is 0 Å². The molecule has 0 spiro atoms. The predicted molar refractivity (Wildman–Crippen MR) is 65.6 cm³/mol. The minimum absolute atomic E-state index is 0.117. The molecule has 1 aromatic carbocycles. The third-order valence-electron chi connectivity index (χ3n) is 2.11. The molecule has 0 aliphatic carbocycles. The summed E-state index contributed by atoms with van der Waals surface area (Å²) in [6, 6.07) is 7.41. The van der Waals surface area contributed by atoms with Crippen molar-refractivity contribution in [3.05, 3.63) is 42.1 Å². The van der Waals surface area contributed by atoms with Crippen molar-refractivity contribution in [1.82, 2.24) is 10.3 Å².